The predicted molar refractivity (Wildman–Crippen MR) is 29.1 cm³/mol. The van der Waals surface area contributed by atoms with E-state index in [1.807, 2.05) is 0 Å². The Bertz CT molecular complexity index is 243. The molecule has 0 atom stereocenters. The van der Waals surface area contributed by atoms with Crippen LogP contribution in [-0.2, 0) is 9.59 Å². The van der Waals surface area contributed by atoms with Crippen LogP contribution in [0.4, 0.5) is 0 Å². The zero-order valence-corrected chi connectivity index (χ0v) is 4.29. The molecule has 0 aliphatic heterocycles. The lowest BCUT2D eigenvalue weighted by atomic mass is 10.1. The number of carboxylic acids is 2. The van der Waals surface area contributed by atoms with Gasteiger partial charge in [0.1, 0.15) is 0 Å². The molecule has 0 bridgehead atoms. The first-order valence-electron chi connectivity index (χ1n) is 4.47. The summed E-state index contributed by atoms with van der Waals surface area (Å²) in [5.74, 6) is -6.63. The van der Waals surface area contributed by atoms with Crippen LogP contribution in [0, 0.1) is 5.92 Å². The van der Waals surface area contributed by atoms with Crippen LogP contribution < -0.4 is 0 Å². The molecular formula is C5H8O4. The minimum absolute atomic E-state index is 2.02. The van der Waals surface area contributed by atoms with Crippen LogP contribution in [0.25, 0.3) is 0 Å². The SMILES string of the molecule is [2H]C([2H])([2H])C([2H])([2H])C(C(=O)O)C(=O)O. The van der Waals surface area contributed by atoms with Gasteiger partial charge in [-0.05, 0) is 6.37 Å². The highest BCUT2D eigenvalue weighted by molar-refractivity contribution is 5.92. The zero-order chi connectivity index (χ0) is 11.7. The second-order valence-corrected chi connectivity index (χ2v) is 1.25. The third kappa shape index (κ3) is 2.12. The second kappa shape index (κ2) is 3.06. The van der Waals surface area contributed by atoms with E-state index in [1.165, 1.54) is 0 Å². The Morgan fingerprint density at radius 3 is 2.22 bits per heavy atom. The minimum atomic E-state index is -3.30. The summed E-state index contributed by atoms with van der Waals surface area (Å²) in [6.45, 7) is -3.30. The lowest BCUT2D eigenvalue weighted by molar-refractivity contribution is -0.154. The number of rotatable bonds is 3. The van der Waals surface area contributed by atoms with E-state index in [4.69, 9.17) is 17.1 Å². The molecule has 0 spiro atoms. The number of carbonyl (C=O) groups is 2. The van der Waals surface area contributed by atoms with Gasteiger partial charge in [-0.1, -0.05) is 6.85 Å². The molecule has 0 rings (SSSR count). The van der Waals surface area contributed by atoms with Crippen molar-refractivity contribution < 1.29 is 26.7 Å². The first-order valence-corrected chi connectivity index (χ1v) is 1.97. The highest BCUT2D eigenvalue weighted by Crippen LogP contribution is 2.00. The average Bonchev–Trinajstić information content (AvgIpc) is 1.79. The second-order valence-electron chi connectivity index (χ2n) is 1.25. The summed E-state index contributed by atoms with van der Waals surface area (Å²) in [6.07, 6.45) is -3.30. The van der Waals surface area contributed by atoms with Gasteiger partial charge in [0.15, 0.2) is 5.92 Å². The molecule has 4 heteroatoms. The fraction of sp³-hybridized carbons (Fsp3) is 0.600. The van der Waals surface area contributed by atoms with Crippen molar-refractivity contribution in [1.29, 1.82) is 0 Å². The number of aliphatic carboxylic acids is 2. The standard InChI is InChI=1S/C5H8O4/c1-2-3(4(6)7)5(8)9/h3H,2H2,1H3,(H,6,7)(H,8,9)/i1D3,2D2. The van der Waals surface area contributed by atoms with Crippen molar-refractivity contribution in [1.82, 2.24) is 0 Å². The Labute approximate surface area is 59.1 Å². The molecule has 0 aliphatic rings. The largest absolute Gasteiger partial charge is 0.481 e. The third-order valence-electron chi connectivity index (χ3n) is 0.638. The molecule has 0 aromatic carbocycles. The van der Waals surface area contributed by atoms with Gasteiger partial charge in [0, 0.05) is 6.85 Å². The summed E-state index contributed by atoms with van der Waals surface area (Å²) in [5.41, 5.74) is 0. The first kappa shape index (κ1) is 2.68. The minimum Gasteiger partial charge on any atom is -0.481 e. The lowest BCUT2D eigenvalue weighted by Gasteiger charge is -2.00. The highest BCUT2D eigenvalue weighted by Gasteiger charge is 2.22. The fourth-order valence-electron chi connectivity index (χ4n) is 0.229. The molecule has 0 unspecified atom stereocenters. The van der Waals surface area contributed by atoms with Crippen molar-refractivity contribution >= 4 is 11.9 Å². The third-order valence-corrected chi connectivity index (χ3v) is 0.638. The maximum Gasteiger partial charge on any atom is 0.317 e. The molecule has 0 aromatic heterocycles. The summed E-state index contributed by atoms with van der Waals surface area (Å²) in [5, 5.41) is 16.7. The van der Waals surface area contributed by atoms with Gasteiger partial charge in [-0.2, -0.15) is 0 Å². The predicted octanol–water partition coefficient (Wildman–Crippen LogP) is 0.182. The molecular weight excluding hydrogens is 124 g/mol. The summed E-state index contributed by atoms with van der Waals surface area (Å²) in [6, 6.07) is 0. The molecule has 0 heterocycles. The van der Waals surface area contributed by atoms with Gasteiger partial charge < -0.3 is 10.2 Å². The average molecular weight is 137 g/mol. The van der Waals surface area contributed by atoms with Crippen molar-refractivity contribution in [3.63, 3.8) is 0 Å². The van der Waals surface area contributed by atoms with Crippen molar-refractivity contribution in [2.75, 3.05) is 0 Å². The normalized spacial score (nSPS) is 20.8. The molecule has 9 heavy (non-hydrogen) atoms. The van der Waals surface area contributed by atoms with Crippen LogP contribution in [0.5, 0.6) is 0 Å². The lowest BCUT2D eigenvalue weighted by Crippen LogP contribution is -2.21. The van der Waals surface area contributed by atoms with E-state index < -0.39 is 31.1 Å². The summed E-state index contributed by atoms with van der Waals surface area (Å²) in [7, 11) is 0. The van der Waals surface area contributed by atoms with Gasteiger partial charge in [0.25, 0.3) is 0 Å². The van der Waals surface area contributed by atoms with Crippen LogP contribution in [0.1, 0.15) is 20.1 Å². The van der Waals surface area contributed by atoms with E-state index in [2.05, 4.69) is 0 Å². The Hall–Kier alpha value is -1.06. The molecule has 0 aromatic rings. The van der Waals surface area contributed by atoms with Gasteiger partial charge in [-0.25, -0.2) is 0 Å². The summed E-state index contributed by atoms with van der Waals surface area (Å²) >= 11 is 0. The molecule has 4 nitrogen and oxygen atoms in total. The zero-order valence-electron chi connectivity index (χ0n) is 9.29. The summed E-state index contributed by atoms with van der Waals surface area (Å²) in [4.78, 5) is 20.7. The van der Waals surface area contributed by atoms with Crippen molar-refractivity contribution in [3.05, 3.63) is 0 Å². The van der Waals surface area contributed by atoms with E-state index in [1.54, 1.807) is 0 Å². The molecule has 0 amide bonds. The monoisotopic (exact) mass is 137 g/mol. The Morgan fingerprint density at radius 2 is 2.11 bits per heavy atom. The van der Waals surface area contributed by atoms with Crippen LogP contribution >= 0.6 is 0 Å². The smallest absolute Gasteiger partial charge is 0.317 e. The van der Waals surface area contributed by atoms with Crippen molar-refractivity contribution in [2.45, 2.75) is 13.2 Å². The van der Waals surface area contributed by atoms with Crippen LogP contribution in [-0.4, -0.2) is 22.2 Å². The van der Waals surface area contributed by atoms with Crippen LogP contribution in [0.2, 0.25) is 0 Å². The molecule has 0 aliphatic carbocycles. The fourth-order valence-corrected chi connectivity index (χ4v) is 0.229. The van der Waals surface area contributed by atoms with Crippen LogP contribution in [0.3, 0.4) is 0 Å². The molecule has 0 saturated heterocycles. The first-order chi connectivity index (χ1) is 6.01. The van der Waals surface area contributed by atoms with E-state index in [0.29, 0.717) is 0 Å². The molecule has 0 radical (unpaired) electrons. The van der Waals surface area contributed by atoms with Gasteiger partial charge >= 0.3 is 11.9 Å². The van der Waals surface area contributed by atoms with E-state index in [0.717, 1.165) is 0 Å². The topological polar surface area (TPSA) is 74.6 Å². The van der Waals surface area contributed by atoms with Gasteiger partial charge in [-0.3, -0.25) is 9.59 Å². The van der Waals surface area contributed by atoms with Crippen molar-refractivity contribution in [2.24, 2.45) is 5.92 Å². The summed E-state index contributed by atoms with van der Waals surface area (Å²) < 4.78 is 33.9. The molecule has 0 fully saturated rings. The highest BCUT2D eigenvalue weighted by atomic mass is 16.4. The quantitative estimate of drug-likeness (QED) is 0.544. The maximum atomic E-state index is 10.4. The van der Waals surface area contributed by atoms with Gasteiger partial charge in [0.05, 0.1) is 0 Å². The van der Waals surface area contributed by atoms with E-state index in [-0.39, 0.29) is 0 Å². The Balaban J connectivity index is 5.21. The number of carboxylic acid groups (broad SMARTS) is 2. The molecule has 2 N–H and O–H groups in total. The Morgan fingerprint density at radius 1 is 1.67 bits per heavy atom. The van der Waals surface area contributed by atoms with Crippen molar-refractivity contribution in [3.8, 4) is 0 Å². The van der Waals surface area contributed by atoms with Crippen LogP contribution in [0.15, 0.2) is 0 Å². The van der Waals surface area contributed by atoms with Gasteiger partial charge in [0.2, 0.25) is 0 Å². The molecule has 0 saturated carbocycles. The maximum absolute atomic E-state index is 10.4. The van der Waals surface area contributed by atoms with E-state index in [9.17, 15) is 9.59 Å². The number of hydrogen-bond donors (Lipinski definition) is 2. The number of hydrogen-bond acceptors (Lipinski definition) is 2. The Kier molecular flexibility index (Phi) is 0.913. The molecule has 52 valence electrons. The van der Waals surface area contributed by atoms with E-state index >= 15 is 0 Å². The van der Waals surface area contributed by atoms with Gasteiger partial charge in [-0.15, -0.1) is 0 Å².